The number of anilines is 1. The summed E-state index contributed by atoms with van der Waals surface area (Å²) >= 11 is 0. The molecule has 3 rings (SSSR count). The minimum atomic E-state index is -0.516. The molecule has 9 heteroatoms. The smallest absolute Gasteiger partial charge is 0.311 e. The van der Waals surface area contributed by atoms with Gasteiger partial charge < -0.3 is 10.5 Å². The molecule has 0 saturated carbocycles. The van der Waals surface area contributed by atoms with Gasteiger partial charge in [-0.15, -0.1) is 5.10 Å². The topological polar surface area (TPSA) is 122 Å². The van der Waals surface area contributed by atoms with Crippen LogP contribution in [0.5, 0.6) is 11.6 Å². The van der Waals surface area contributed by atoms with E-state index < -0.39 is 4.92 Å². The van der Waals surface area contributed by atoms with Crippen molar-refractivity contribution in [1.82, 2.24) is 19.7 Å². The summed E-state index contributed by atoms with van der Waals surface area (Å²) < 4.78 is 7.36. The first-order valence-electron chi connectivity index (χ1n) is 7.20. The van der Waals surface area contributed by atoms with Crippen LogP contribution in [-0.4, -0.2) is 24.7 Å². The van der Waals surface area contributed by atoms with Crippen LogP contribution in [0, 0.1) is 10.1 Å². The standard InChI is InChI=1S/C15H16N6O3/c1-15(2,3)20-13-11(12(16)17-8-18-13)14(19-20)24-10-7-5-4-6-9(10)21(22)23/h4-8H,1-3H3,(H2,16,17,18). The molecule has 0 aliphatic rings. The molecule has 0 radical (unpaired) electrons. The fourth-order valence-electron chi connectivity index (χ4n) is 2.28. The maximum atomic E-state index is 11.2. The van der Waals surface area contributed by atoms with Crippen molar-refractivity contribution in [2.45, 2.75) is 26.3 Å². The lowest BCUT2D eigenvalue weighted by molar-refractivity contribution is -0.385. The summed E-state index contributed by atoms with van der Waals surface area (Å²) in [5, 5.41) is 16.0. The fourth-order valence-corrected chi connectivity index (χ4v) is 2.28. The van der Waals surface area contributed by atoms with Crippen LogP contribution < -0.4 is 10.5 Å². The second kappa shape index (κ2) is 5.44. The SMILES string of the molecule is CC(C)(C)n1nc(Oc2ccccc2[N+](=O)[O-])c2c(N)ncnc21. The first-order valence-corrected chi connectivity index (χ1v) is 7.20. The third-order valence-electron chi connectivity index (χ3n) is 3.37. The molecule has 24 heavy (non-hydrogen) atoms. The van der Waals surface area contributed by atoms with Gasteiger partial charge in [0.2, 0.25) is 5.75 Å². The van der Waals surface area contributed by atoms with Gasteiger partial charge in [0.1, 0.15) is 17.5 Å². The maximum Gasteiger partial charge on any atom is 0.311 e. The quantitative estimate of drug-likeness (QED) is 0.579. The van der Waals surface area contributed by atoms with Crippen LogP contribution >= 0.6 is 0 Å². The van der Waals surface area contributed by atoms with E-state index in [0.29, 0.717) is 11.0 Å². The fraction of sp³-hybridized carbons (Fsp3) is 0.267. The zero-order valence-corrected chi connectivity index (χ0v) is 13.4. The van der Waals surface area contributed by atoms with E-state index in [1.165, 1.54) is 18.5 Å². The normalized spacial score (nSPS) is 11.6. The van der Waals surface area contributed by atoms with Gasteiger partial charge in [-0.25, -0.2) is 14.6 Å². The van der Waals surface area contributed by atoms with Gasteiger partial charge in [-0.3, -0.25) is 10.1 Å². The first kappa shape index (κ1) is 15.7. The second-order valence-electron chi connectivity index (χ2n) is 6.17. The number of fused-ring (bicyclic) bond motifs is 1. The zero-order valence-electron chi connectivity index (χ0n) is 13.4. The Morgan fingerprint density at radius 3 is 2.62 bits per heavy atom. The molecule has 124 valence electrons. The monoisotopic (exact) mass is 328 g/mol. The Bertz CT molecular complexity index is 929. The Balaban J connectivity index is 2.20. The molecule has 0 amide bonds. The van der Waals surface area contributed by atoms with Gasteiger partial charge in [0.05, 0.1) is 10.5 Å². The van der Waals surface area contributed by atoms with Crippen molar-refractivity contribution in [3.05, 3.63) is 40.7 Å². The molecule has 0 unspecified atom stereocenters. The summed E-state index contributed by atoms with van der Waals surface area (Å²) in [6, 6.07) is 6.07. The van der Waals surface area contributed by atoms with E-state index in [1.807, 2.05) is 20.8 Å². The molecule has 0 atom stereocenters. The molecule has 1 aromatic carbocycles. The lowest BCUT2D eigenvalue weighted by atomic mass is 10.1. The molecular formula is C15H16N6O3. The molecule has 0 saturated heterocycles. The van der Waals surface area contributed by atoms with Gasteiger partial charge in [0.15, 0.2) is 5.65 Å². The van der Waals surface area contributed by atoms with Gasteiger partial charge in [-0.1, -0.05) is 12.1 Å². The highest BCUT2D eigenvalue weighted by Gasteiger charge is 2.25. The highest BCUT2D eigenvalue weighted by atomic mass is 16.6. The first-order chi connectivity index (χ1) is 11.3. The third kappa shape index (κ3) is 2.60. The van der Waals surface area contributed by atoms with E-state index in [4.69, 9.17) is 10.5 Å². The number of nitrogens with two attached hydrogens (primary N) is 1. The molecule has 0 spiro atoms. The summed E-state index contributed by atoms with van der Waals surface area (Å²) in [4.78, 5) is 18.8. The minimum Gasteiger partial charge on any atom is -0.430 e. The Labute approximate surface area is 137 Å². The van der Waals surface area contributed by atoms with Gasteiger partial charge in [-0.05, 0) is 26.8 Å². The molecule has 0 bridgehead atoms. The highest BCUT2D eigenvalue weighted by molar-refractivity contribution is 5.91. The van der Waals surface area contributed by atoms with E-state index in [9.17, 15) is 10.1 Å². The van der Waals surface area contributed by atoms with Crippen LogP contribution in [0.25, 0.3) is 11.0 Å². The van der Waals surface area contributed by atoms with Crippen molar-refractivity contribution < 1.29 is 9.66 Å². The zero-order chi connectivity index (χ0) is 17.5. The molecule has 0 aliphatic heterocycles. The summed E-state index contributed by atoms with van der Waals surface area (Å²) in [5.41, 5.74) is 5.90. The summed E-state index contributed by atoms with van der Waals surface area (Å²) in [6.07, 6.45) is 1.34. The van der Waals surface area contributed by atoms with E-state index >= 15 is 0 Å². The van der Waals surface area contributed by atoms with Crippen LogP contribution in [0.1, 0.15) is 20.8 Å². The predicted octanol–water partition coefficient (Wildman–Crippen LogP) is 2.86. The van der Waals surface area contributed by atoms with Crippen LogP contribution in [0.15, 0.2) is 30.6 Å². The molecule has 2 aromatic heterocycles. The molecule has 0 aliphatic carbocycles. The number of hydrogen-bond donors (Lipinski definition) is 1. The molecule has 2 heterocycles. The van der Waals surface area contributed by atoms with Gasteiger partial charge in [0, 0.05) is 6.07 Å². The minimum absolute atomic E-state index is 0.0752. The molecule has 0 fully saturated rings. The summed E-state index contributed by atoms with van der Waals surface area (Å²) in [6.45, 7) is 5.85. The predicted molar refractivity (Wildman–Crippen MR) is 87.9 cm³/mol. The van der Waals surface area contributed by atoms with Crippen molar-refractivity contribution >= 4 is 22.5 Å². The van der Waals surface area contributed by atoms with Gasteiger partial charge in [-0.2, -0.15) is 0 Å². The van der Waals surface area contributed by atoms with E-state index in [2.05, 4.69) is 15.1 Å². The van der Waals surface area contributed by atoms with Crippen LogP contribution in [-0.2, 0) is 5.54 Å². The highest BCUT2D eigenvalue weighted by Crippen LogP contribution is 2.36. The average Bonchev–Trinajstić information content (AvgIpc) is 2.88. The van der Waals surface area contributed by atoms with Crippen LogP contribution in [0.4, 0.5) is 11.5 Å². The number of para-hydroxylation sites is 2. The molecular weight excluding hydrogens is 312 g/mol. The molecule has 2 N–H and O–H groups in total. The molecule has 3 aromatic rings. The number of nitro benzene ring substituents is 1. The number of ether oxygens (including phenoxy) is 1. The maximum absolute atomic E-state index is 11.2. The van der Waals surface area contributed by atoms with E-state index in [1.54, 1.807) is 16.8 Å². The van der Waals surface area contributed by atoms with Crippen molar-refractivity contribution in [1.29, 1.82) is 0 Å². The van der Waals surface area contributed by atoms with E-state index in [-0.39, 0.29) is 28.7 Å². The number of rotatable bonds is 3. The van der Waals surface area contributed by atoms with Gasteiger partial charge >= 0.3 is 5.69 Å². The largest absolute Gasteiger partial charge is 0.430 e. The Kier molecular flexibility index (Phi) is 3.55. The lowest BCUT2D eigenvalue weighted by Gasteiger charge is -2.19. The Morgan fingerprint density at radius 1 is 1.25 bits per heavy atom. The van der Waals surface area contributed by atoms with Crippen molar-refractivity contribution in [2.75, 3.05) is 5.73 Å². The number of benzene rings is 1. The Hall–Kier alpha value is -3.23. The number of nitrogen functional groups attached to an aromatic ring is 1. The summed E-state index contributed by atoms with van der Waals surface area (Å²) in [7, 11) is 0. The number of nitrogens with zero attached hydrogens (tertiary/aromatic N) is 5. The number of hydrogen-bond acceptors (Lipinski definition) is 7. The Morgan fingerprint density at radius 2 is 1.96 bits per heavy atom. The van der Waals surface area contributed by atoms with Crippen LogP contribution in [0.2, 0.25) is 0 Å². The van der Waals surface area contributed by atoms with Crippen molar-refractivity contribution in [2.24, 2.45) is 0 Å². The van der Waals surface area contributed by atoms with E-state index in [0.717, 1.165) is 0 Å². The number of aromatic nitrogens is 4. The third-order valence-corrected chi connectivity index (χ3v) is 3.37. The van der Waals surface area contributed by atoms with Crippen LogP contribution in [0.3, 0.4) is 0 Å². The lowest BCUT2D eigenvalue weighted by Crippen LogP contribution is -2.23. The number of nitro groups is 1. The second-order valence-corrected chi connectivity index (χ2v) is 6.17. The van der Waals surface area contributed by atoms with Gasteiger partial charge in [0.25, 0.3) is 5.88 Å². The average molecular weight is 328 g/mol. The van der Waals surface area contributed by atoms with Crippen molar-refractivity contribution in [3.8, 4) is 11.6 Å². The molecule has 9 nitrogen and oxygen atoms in total. The van der Waals surface area contributed by atoms with Crippen molar-refractivity contribution in [3.63, 3.8) is 0 Å². The summed E-state index contributed by atoms with van der Waals surface area (Å²) in [5.74, 6) is 0.405.